The van der Waals surface area contributed by atoms with Gasteiger partial charge in [-0.2, -0.15) is 5.10 Å². The van der Waals surface area contributed by atoms with Crippen molar-refractivity contribution < 1.29 is 0 Å². The molecular formula is C17H23N3. The van der Waals surface area contributed by atoms with Crippen LogP contribution in [0.3, 0.4) is 0 Å². The molecule has 1 aliphatic rings. The number of nitrogens with one attached hydrogen (secondary N) is 1. The van der Waals surface area contributed by atoms with Gasteiger partial charge in [-0.3, -0.25) is 4.68 Å². The van der Waals surface area contributed by atoms with Crippen molar-refractivity contribution in [2.45, 2.75) is 45.1 Å². The van der Waals surface area contributed by atoms with E-state index in [0.717, 1.165) is 30.4 Å². The van der Waals surface area contributed by atoms with Gasteiger partial charge in [0.25, 0.3) is 0 Å². The highest BCUT2D eigenvalue weighted by Crippen LogP contribution is 2.36. The number of aromatic nitrogens is 2. The lowest BCUT2D eigenvalue weighted by Gasteiger charge is -2.25. The van der Waals surface area contributed by atoms with Gasteiger partial charge in [-0.25, -0.2) is 0 Å². The number of hydrogen-bond donors (Lipinski definition) is 1. The molecule has 0 saturated heterocycles. The van der Waals surface area contributed by atoms with Crippen molar-refractivity contribution >= 4 is 5.82 Å². The van der Waals surface area contributed by atoms with Crippen LogP contribution >= 0.6 is 0 Å². The minimum Gasteiger partial charge on any atom is -0.366 e. The van der Waals surface area contributed by atoms with E-state index in [1.807, 2.05) is 11.7 Å². The van der Waals surface area contributed by atoms with Gasteiger partial charge in [-0.15, -0.1) is 0 Å². The first-order valence-corrected chi connectivity index (χ1v) is 7.62. The van der Waals surface area contributed by atoms with Crippen molar-refractivity contribution in [2.24, 2.45) is 7.05 Å². The molecule has 0 bridgehead atoms. The van der Waals surface area contributed by atoms with Gasteiger partial charge in [0.15, 0.2) is 0 Å². The van der Waals surface area contributed by atoms with Crippen LogP contribution in [0.5, 0.6) is 0 Å². The number of anilines is 1. The normalized spacial score (nSPS) is 15.1. The van der Waals surface area contributed by atoms with Gasteiger partial charge < -0.3 is 5.32 Å². The molecule has 0 amide bonds. The Balaban J connectivity index is 1.61. The highest BCUT2D eigenvalue weighted by molar-refractivity contribution is 5.38. The number of benzene rings is 1. The summed E-state index contributed by atoms with van der Waals surface area (Å²) in [5, 5.41) is 7.91. The van der Waals surface area contributed by atoms with Gasteiger partial charge in [0.05, 0.1) is 5.69 Å². The van der Waals surface area contributed by atoms with E-state index in [1.165, 1.54) is 30.4 Å². The van der Waals surface area contributed by atoms with E-state index in [1.54, 1.807) is 0 Å². The van der Waals surface area contributed by atoms with E-state index in [2.05, 4.69) is 47.7 Å². The Morgan fingerprint density at radius 2 is 2.00 bits per heavy atom. The van der Waals surface area contributed by atoms with Crippen molar-refractivity contribution in [3.8, 4) is 0 Å². The summed E-state index contributed by atoms with van der Waals surface area (Å²) in [5.41, 5.74) is 3.97. The van der Waals surface area contributed by atoms with Crippen LogP contribution in [0.1, 0.15) is 48.9 Å². The SMILES string of the molecule is CCc1cc(NCc2ccc(C3CCC3)cc2)n(C)n1. The summed E-state index contributed by atoms with van der Waals surface area (Å²) in [5.74, 6) is 1.91. The predicted molar refractivity (Wildman–Crippen MR) is 82.9 cm³/mol. The van der Waals surface area contributed by atoms with E-state index in [4.69, 9.17) is 0 Å². The third-order valence-corrected chi connectivity index (χ3v) is 4.32. The second-order valence-electron chi connectivity index (χ2n) is 5.72. The molecule has 1 heterocycles. The summed E-state index contributed by atoms with van der Waals surface area (Å²) in [7, 11) is 1.99. The fraction of sp³-hybridized carbons (Fsp3) is 0.471. The highest BCUT2D eigenvalue weighted by atomic mass is 15.3. The molecule has 1 aromatic heterocycles. The van der Waals surface area contributed by atoms with E-state index in [-0.39, 0.29) is 0 Å². The lowest BCUT2D eigenvalue weighted by atomic mass is 9.80. The van der Waals surface area contributed by atoms with Gasteiger partial charge in [0.1, 0.15) is 5.82 Å². The highest BCUT2D eigenvalue weighted by Gasteiger charge is 2.18. The molecule has 0 spiro atoms. The third-order valence-electron chi connectivity index (χ3n) is 4.32. The smallest absolute Gasteiger partial charge is 0.124 e. The van der Waals surface area contributed by atoms with E-state index in [9.17, 15) is 0 Å². The molecule has 0 aliphatic heterocycles. The van der Waals surface area contributed by atoms with Crippen LogP contribution in [0.15, 0.2) is 30.3 Å². The van der Waals surface area contributed by atoms with Gasteiger partial charge in [0, 0.05) is 19.7 Å². The zero-order chi connectivity index (χ0) is 13.9. The molecule has 0 atom stereocenters. The van der Waals surface area contributed by atoms with Gasteiger partial charge >= 0.3 is 0 Å². The second kappa shape index (κ2) is 5.70. The van der Waals surface area contributed by atoms with Crippen molar-refractivity contribution in [1.82, 2.24) is 9.78 Å². The van der Waals surface area contributed by atoms with Crippen LogP contribution in [0.25, 0.3) is 0 Å². The standard InChI is InChI=1S/C17H23N3/c1-3-16-11-17(20(2)19-16)18-12-13-7-9-15(10-8-13)14-5-4-6-14/h7-11,14,18H,3-6,12H2,1-2H3. The molecule has 2 aromatic rings. The number of aryl methyl sites for hydroxylation is 2. The molecular weight excluding hydrogens is 246 g/mol. The lowest BCUT2D eigenvalue weighted by Crippen LogP contribution is -2.09. The minimum atomic E-state index is 0.821. The first-order chi connectivity index (χ1) is 9.76. The van der Waals surface area contributed by atoms with Crippen LogP contribution in [0.2, 0.25) is 0 Å². The summed E-state index contributed by atoms with van der Waals surface area (Å²) in [6.45, 7) is 2.99. The van der Waals surface area contributed by atoms with Crippen molar-refractivity contribution in [3.63, 3.8) is 0 Å². The molecule has 20 heavy (non-hydrogen) atoms. The maximum atomic E-state index is 4.45. The van der Waals surface area contributed by atoms with Crippen LogP contribution in [-0.2, 0) is 20.0 Å². The van der Waals surface area contributed by atoms with Crippen molar-refractivity contribution in [2.75, 3.05) is 5.32 Å². The number of hydrogen-bond acceptors (Lipinski definition) is 2. The summed E-state index contributed by atoms with van der Waals surface area (Å²) >= 11 is 0. The number of nitrogens with zero attached hydrogens (tertiary/aromatic N) is 2. The Labute approximate surface area is 121 Å². The Morgan fingerprint density at radius 1 is 1.25 bits per heavy atom. The van der Waals surface area contributed by atoms with E-state index in [0.29, 0.717) is 0 Å². The van der Waals surface area contributed by atoms with Crippen LogP contribution < -0.4 is 5.32 Å². The van der Waals surface area contributed by atoms with Gasteiger partial charge in [0.2, 0.25) is 0 Å². The molecule has 3 heteroatoms. The summed E-state index contributed by atoms with van der Waals surface area (Å²) in [4.78, 5) is 0. The molecule has 1 aliphatic carbocycles. The summed E-state index contributed by atoms with van der Waals surface area (Å²) in [6.07, 6.45) is 5.11. The molecule has 1 saturated carbocycles. The second-order valence-corrected chi connectivity index (χ2v) is 5.72. The topological polar surface area (TPSA) is 29.9 Å². The molecule has 106 valence electrons. The Bertz CT molecular complexity index is 564. The molecule has 1 N–H and O–H groups in total. The Hall–Kier alpha value is -1.77. The molecule has 0 unspecified atom stereocenters. The molecule has 1 fully saturated rings. The van der Waals surface area contributed by atoms with Crippen molar-refractivity contribution in [1.29, 1.82) is 0 Å². The first-order valence-electron chi connectivity index (χ1n) is 7.62. The summed E-state index contributed by atoms with van der Waals surface area (Å²) in [6, 6.07) is 11.2. The average Bonchev–Trinajstić information content (AvgIpc) is 2.77. The molecule has 1 aromatic carbocycles. The number of rotatable bonds is 5. The molecule has 3 nitrogen and oxygen atoms in total. The third kappa shape index (κ3) is 2.72. The Morgan fingerprint density at radius 3 is 2.55 bits per heavy atom. The maximum Gasteiger partial charge on any atom is 0.124 e. The molecule has 3 rings (SSSR count). The van der Waals surface area contributed by atoms with Crippen molar-refractivity contribution in [3.05, 3.63) is 47.2 Å². The monoisotopic (exact) mass is 269 g/mol. The maximum absolute atomic E-state index is 4.45. The zero-order valence-electron chi connectivity index (χ0n) is 12.4. The largest absolute Gasteiger partial charge is 0.366 e. The lowest BCUT2D eigenvalue weighted by molar-refractivity contribution is 0.419. The van der Waals surface area contributed by atoms with Crippen LogP contribution in [0.4, 0.5) is 5.82 Å². The van der Waals surface area contributed by atoms with Crippen LogP contribution in [-0.4, -0.2) is 9.78 Å². The molecule has 0 radical (unpaired) electrons. The first kappa shape index (κ1) is 13.2. The fourth-order valence-electron chi connectivity index (χ4n) is 2.71. The quantitative estimate of drug-likeness (QED) is 0.893. The fourth-order valence-corrected chi connectivity index (χ4v) is 2.71. The predicted octanol–water partition coefficient (Wildman–Crippen LogP) is 3.86. The van der Waals surface area contributed by atoms with E-state index < -0.39 is 0 Å². The van der Waals surface area contributed by atoms with E-state index >= 15 is 0 Å². The summed E-state index contributed by atoms with van der Waals surface area (Å²) < 4.78 is 1.92. The van der Waals surface area contributed by atoms with Gasteiger partial charge in [-0.1, -0.05) is 37.6 Å². The van der Waals surface area contributed by atoms with Gasteiger partial charge in [-0.05, 0) is 36.3 Å². The Kier molecular flexibility index (Phi) is 3.77. The van der Waals surface area contributed by atoms with Crippen LogP contribution in [0, 0.1) is 0 Å². The zero-order valence-corrected chi connectivity index (χ0v) is 12.4. The minimum absolute atomic E-state index is 0.821. The average molecular weight is 269 g/mol.